The first-order valence-corrected chi connectivity index (χ1v) is 5.07. The quantitative estimate of drug-likeness (QED) is 0.644. The molecule has 0 saturated carbocycles. The second-order valence-corrected chi connectivity index (χ2v) is 3.90. The van der Waals surface area contributed by atoms with E-state index in [-0.39, 0.29) is 0 Å². The molecule has 0 saturated heterocycles. The highest BCUT2D eigenvalue weighted by atomic mass is 16.5. The molecule has 1 atom stereocenters. The Kier molecular flexibility index (Phi) is 4.45. The van der Waals surface area contributed by atoms with E-state index in [1.807, 2.05) is 0 Å². The predicted molar refractivity (Wildman–Crippen MR) is 62.1 cm³/mol. The Morgan fingerprint density at radius 2 is 2.38 bits per heavy atom. The molecule has 1 unspecified atom stereocenters. The van der Waals surface area contributed by atoms with Crippen molar-refractivity contribution in [3.8, 4) is 0 Å². The van der Waals surface area contributed by atoms with E-state index in [4.69, 9.17) is 10.5 Å². The number of nitrogen functional groups attached to an aromatic ring is 1. The van der Waals surface area contributed by atoms with Crippen LogP contribution < -0.4 is 11.1 Å². The summed E-state index contributed by atoms with van der Waals surface area (Å²) in [5, 5.41) is 12.9. The van der Waals surface area contributed by atoms with Crippen LogP contribution >= 0.6 is 0 Å². The molecule has 0 spiro atoms. The highest BCUT2D eigenvalue weighted by molar-refractivity contribution is 5.35. The maximum Gasteiger partial charge on any atom is 0.224 e. The van der Waals surface area contributed by atoms with E-state index in [9.17, 15) is 5.11 Å². The van der Waals surface area contributed by atoms with Crippen molar-refractivity contribution < 1.29 is 9.84 Å². The molecule has 1 aromatic heterocycles. The molecule has 90 valence electrons. The maximum atomic E-state index is 9.95. The molecule has 0 fully saturated rings. The first-order chi connectivity index (χ1) is 7.53. The molecule has 0 aliphatic carbocycles. The van der Waals surface area contributed by atoms with Gasteiger partial charge in [0.2, 0.25) is 5.95 Å². The van der Waals surface area contributed by atoms with Crippen LogP contribution in [-0.2, 0) is 4.74 Å². The van der Waals surface area contributed by atoms with Gasteiger partial charge in [0.15, 0.2) is 0 Å². The Balaban J connectivity index is 2.44. The first kappa shape index (κ1) is 12.7. The van der Waals surface area contributed by atoms with Crippen molar-refractivity contribution in [3.05, 3.63) is 12.3 Å². The van der Waals surface area contributed by atoms with Gasteiger partial charge in [0.05, 0.1) is 5.60 Å². The molecule has 6 nitrogen and oxygen atoms in total. The number of nitrogens with one attached hydrogen (secondary N) is 1. The number of hydrogen-bond acceptors (Lipinski definition) is 6. The lowest BCUT2D eigenvalue weighted by atomic mass is 10.0. The van der Waals surface area contributed by atoms with Crippen molar-refractivity contribution in [1.29, 1.82) is 0 Å². The summed E-state index contributed by atoms with van der Waals surface area (Å²) >= 11 is 0. The Bertz CT molecular complexity index is 330. The molecule has 16 heavy (non-hydrogen) atoms. The molecule has 0 aliphatic rings. The van der Waals surface area contributed by atoms with Crippen LogP contribution in [0.4, 0.5) is 11.8 Å². The number of rotatable bonds is 6. The van der Waals surface area contributed by atoms with Crippen molar-refractivity contribution >= 4 is 11.8 Å². The van der Waals surface area contributed by atoms with Gasteiger partial charge in [-0.05, 0) is 13.0 Å². The topological polar surface area (TPSA) is 93.3 Å². The third kappa shape index (κ3) is 4.41. The van der Waals surface area contributed by atoms with Crippen LogP contribution in [0.3, 0.4) is 0 Å². The number of aliphatic hydroxyl groups is 1. The normalized spacial score (nSPS) is 14.4. The van der Waals surface area contributed by atoms with Crippen LogP contribution in [0.1, 0.15) is 13.3 Å². The predicted octanol–water partition coefficient (Wildman–Crippen LogP) is 0.258. The van der Waals surface area contributed by atoms with Crippen LogP contribution in [0.2, 0.25) is 0 Å². The van der Waals surface area contributed by atoms with Gasteiger partial charge in [0.25, 0.3) is 0 Å². The highest BCUT2D eigenvalue weighted by Crippen LogP contribution is 2.10. The van der Waals surface area contributed by atoms with E-state index >= 15 is 0 Å². The average molecular weight is 226 g/mol. The number of aromatic nitrogens is 2. The van der Waals surface area contributed by atoms with Gasteiger partial charge in [0.1, 0.15) is 5.82 Å². The highest BCUT2D eigenvalue weighted by Gasteiger charge is 2.19. The Morgan fingerprint density at radius 1 is 1.62 bits per heavy atom. The summed E-state index contributed by atoms with van der Waals surface area (Å²) in [7, 11) is 1.60. The average Bonchev–Trinajstić information content (AvgIpc) is 2.24. The van der Waals surface area contributed by atoms with Gasteiger partial charge < -0.3 is 20.9 Å². The van der Waals surface area contributed by atoms with Gasteiger partial charge in [-0.25, -0.2) is 4.98 Å². The second-order valence-electron chi connectivity index (χ2n) is 3.90. The first-order valence-electron chi connectivity index (χ1n) is 5.07. The molecule has 4 N–H and O–H groups in total. The van der Waals surface area contributed by atoms with E-state index in [1.165, 1.54) is 0 Å². The van der Waals surface area contributed by atoms with Crippen LogP contribution in [0, 0.1) is 0 Å². The minimum Gasteiger partial charge on any atom is -0.388 e. The zero-order valence-corrected chi connectivity index (χ0v) is 9.60. The molecule has 0 aliphatic heterocycles. The largest absolute Gasteiger partial charge is 0.388 e. The molecule has 0 aromatic carbocycles. The summed E-state index contributed by atoms with van der Waals surface area (Å²) < 4.78 is 4.91. The molecular formula is C10H18N4O2. The number of ether oxygens (including phenoxy) is 1. The molecule has 1 aromatic rings. The SMILES string of the molecule is COCCC(C)(O)CNc1nccc(N)n1. The zero-order chi connectivity index (χ0) is 12.0. The minimum atomic E-state index is -0.857. The molecule has 1 rings (SSSR count). The molecule has 0 amide bonds. The summed E-state index contributed by atoms with van der Waals surface area (Å²) in [6, 6.07) is 1.61. The lowest BCUT2D eigenvalue weighted by molar-refractivity contribution is 0.0356. The molecule has 0 bridgehead atoms. The van der Waals surface area contributed by atoms with Crippen molar-refractivity contribution in [2.75, 3.05) is 31.3 Å². The van der Waals surface area contributed by atoms with E-state index in [2.05, 4.69) is 15.3 Å². The lowest BCUT2D eigenvalue weighted by Crippen LogP contribution is -2.35. The van der Waals surface area contributed by atoms with Gasteiger partial charge in [-0.2, -0.15) is 4.98 Å². The molecule has 6 heteroatoms. The lowest BCUT2D eigenvalue weighted by Gasteiger charge is -2.23. The number of methoxy groups -OCH3 is 1. The van der Waals surface area contributed by atoms with Gasteiger partial charge in [-0.1, -0.05) is 0 Å². The Hall–Kier alpha value is -1.40. The van der Waals surface area contributed by atoms with Gasteiger partial charge in [0, 0.05) is 32.9 Å². The molecular weight excluding hydrogens is 208 g/mol. The van der Waals surface area contributed by atoms with Gasteiger partial charge in [-0.3, -0.25) is 0 Å². The fourth-order valence-corrected chi connectivity index (χ4v) is 1.14. The van der Waals surface area contributed by atoms with Gasteiger partial charge in [-0.15, -0.1) is 0 Å². The van der Waals surface area contributed by atoms with Crippen LogP contribution in [0.5, 0.6) is 0 Å². The minimum absolute atomic E-state index is 0.347. The summed E-state index contributed by atoms with van der Waals surface area (Å²) in [6.07, 6.45) is 2.10. The van der Waals surface area contributed by atoms with E-state index in [0.29, 0.717) is 31.3 Å². The summed E-state index contributed by atoms with van der Waals surface area (Å²) in [6.45, 7) is 2.58. The third-order valence-electron chi connectivity index (χ3n) is 2.15. The number of nitrogens with zero attached hydrogens (tertiary/aromatic N) is 2. The monoisotopic (exact) mass is 226 g/mol. The standard InChI is InChI=1S/C10H18N4O2/c1-10(15,4-6-16-2)7-13-9-12-5-3-8(11)14-9/h3,5,15H,4,6-7H2,1-2H3,(H3,11,12,13,14). The molecule has 1 heterocycles. The van der Waals surface area contributed by atoms with Crippen molar-refractivity contribution in [2.45, 2.75) is 18.9 Å². The Morgan fingerprint density at radius 3 is 3.00 bits per heavy atom. The molecule has 0 radical (unpaired) electrons. The van der Waals surface area contributed by atoms with E-state index in [1.54, 1.807) is 26.3 Å². The number of hydrogen-bond donors (Lipinski definition) is 3. The Labute approximate surface area is 94.9 Å². The van der Waals surface area contributed by atoms with Crippen molar-refractivity contribution in [2.24, 2.45) is 0 Å². The third-order valence-corrected chi connectivity index (χ3v) is 2.15. The van der Waals surface area contributed by atoms with Gasteiger partial charge >= 0.3 is 0 Å². The summed E-state index contributed by atoms with van der Waals surface area (Å²) in [4.78, 5) is 7.95. The summed E-state index contributed by atoms with van der Waals surface area (Å²) in [5.74, 6) is 0.812. The number of anilines is 2. The summed E-state index contributed by atoms with van der Waals surface area (Å²) in [5.41, 5.74) is 4.65. The zero-order valence-electron chi connectivity index (χ0n) is 9.60. The van der Waals surface area contributed by atoms with Crippen LogP contribution in [0.15, 0.2) is 12.3 Å². The number of nitrogens with two attached hydrogens (primary N) is 1. The van der Waals surface area contributed by atoms with Crippen molar-refractivity contribution in [1.82, 2.24) is 9.97 Å². The van der Waals surface area contributed by atoms with Crippen LogP contribution in [0.25, 0.3) is 0 Å². The van der Waals surface area contributed by atoms with E-state index in [0.717, 1.165) is 0 Å². The van der Waals surface area contributed by atoms with Crippen molar-refractivity contribution in [3.63, 3.8) is 0 Å². The fourth-order valence-electron chi connectivity index (χ4n) is 1.14. The maximum absolute atomic E-state index is 9.95. The second kappa shape index (κ2) is 5.62. The smallest absolute Gasteiger partial charge is 0.224 e. The van der Waals surface area contributed by atoms with E-state index < -0.39 is 5.60 Å². The van der Waals surface area contributed by atoms with Crippen LogP contribution in [-0.4, -0.2) is 40.9 Å². The fraction of sp³-hybridized carbons (Fsp3) is 0.600.